The molecule has 0 spiro atoms. The Kier molecular flexibility index (Phi) is 47.0. The lowest BCUT2D eigenvalue weighted by atomic mass is 10.0. The standard InChI is InChI=1S/C56H106NO8P/c1-6-8-10-12-14-16-18-20-22-24-25-26-27-28-29-30-31-33-35-37-39-41-43-45-47-49-56(59)65-54(53-64-66(60,61)63-51-50-57(3,4)5)52-62-55(58)48-46-44-42-40-38-36-34-32-23-21-19-17-15-13-11-9-7-2/h18,20-21,23-25,54H,6-17,19,22,26-53H2,1-5H3/b20-18-,23-21-,25-24-. The smallest absolute Gasteiger partial charge is 0.306 e. The molecule has 0 N–H and O–H groups in total. The van der Waals surface area contributed by atoms with E-state index in [9.17, 15) is 19.0 Å². The third-order valence-electron chi connectivity index (χ3n) is 12.1. The number of ether oxygens (including phenoxy) is 2. The van der Waals surface area contributed by atoms with E-state index in [-0.39, 0.29) is 32.0 Å². The number of unbranched alkanes of at least 4 members (excludes halogenated alkanes) is 31. The fourth-order valence-electron chi connectivity index (χ4n) is 7.80. The van der Waals surface area contributed by atoms with Crippen LogP contribution >= 0.6 is 7.82 Å². The molecule has 0 heterocycles. The molecule has 0 saturated heterocycles. The molecule has 0 fully saturated rings. The van der Waals surface area contributed by atoms with E-state index in [2.05, 4.69) is 50.3 Å². The van der Waals surface area contributed by atoms with Gasteiger partial charge in [-0.25, -0.2) is 0 Å². The van der Waals surface area contributed by atoms with Crippen molar-refractivity contribution in [1.82, 2.24) is 0 Å². The highest BCUT2D eigenvalue weighted by molar-refractivity contribution is 7.45. The Balaban J connectivity index is 4.17. The minimum Gasteiger partial charge on any atom is -0.756 e. The molecule has 0 rings (SSSR count). The van der Waals surface area contributed by atoms with Crippen LogP contribution in [0.2, 0.25) is 0 Å². The maximum atomic E-state index is 12.8. The van der Waals surface area contributed by atoms with Gasteiger partial charge < -0.3 is 27.9 Å². The van der Waals surface area contributed by atoms with Gasteiger partial charge in [-0.05, 0) is 70.6 Å². The largest absolute Gasteiger partial charge is 0.756 e. The van der Waals surface area contributed by atoms with E-state index in [0.717, 1.165) is 57.8 Å². The van der Waals surface area contributed by atoms with Gasteiger partial charge in [-0.1, -0.05) is 211 Å². The topological polar surface area (TPSA) is 111 Å². The van der Waals surface area contributed by atoms with Gasteiger partial charge in [0.25, 0.3) is 7.82 Å². The first-order chi connectivity index (χ1) is 32.0. The lowest BCUT2D eigenvalue weighted by Gasteiger charge is -2.28. The first kappa shape index (κ1) is 64.2. The zero-order chi connectivity index (χ0) is 48.5. The molecule has 2 unspecified atom stereocenters. The van der Waals surface area contributed by atoms with Gasteiger partial charge in [-0.3, -0.25) is 14.2 Å². The zero-order valence-electron chi connectivity index (χ0n) is 43.9. The number of hydrogen-bond acceptors (Lipinski definition) is 8. The van der Waals surface area contributed by atoms with Crippen molar-refractivity contribution in [2.24, 2.45) is 0 Å². The minimum absolute atomic E-state index is 0.0308. The fraction of sp³-hybridized carbons (Fsp3) is 0.857. The second-order valence-corrected chi connectivity index (χ2v) is 21.4. The van der Waals surface area contributed by atoms with Gasteiger partial charge in [0.15, 0.2) is 6.10 Å². The van der Waals surface area contributed by atoms with Crippen molar-refractivity contribution in [3.05, 3.63) is 36.5 Å². The number of carbonyl (C=O) groups excluding carboxylic acids is 2. The summed E-state index contributed by atoms with van der Waals surface area (Å²) < 4.78 is 34.1. The van der Waals surface area contributed by atoms with Gasteiger partial charge in [0, 0.05) is 12.8 Å². The van der Waals surface area contributed by atoms with Crippen LogP contribution < -0.4 is 4.89 Å². The van der Waals surface area contributed by atoms with Crippen LogP contribution in [-0.4, -0.2) is 70.0 Å². The average molecular weight is 952 g/mol. The number of likely N-dealkylation sites (N-methyl/N-ethyl adjacent to an activating group) is 1. The average Bonchev–Trinajstić information content (AvgIpc) is 3.27. The fourth-order valence-corrected chi connectivity index (χ4v) is 8.53. The predicted octanol–water partition coefficient (Wildman–Crippen LogP) is 16.2. The van der Waals surface area contributed by atoms with Crippen LogP contribution in [0.4, 0.5) is 0 Å². The molecule has 0 aromatic carbocycles. The Hall–Kier alpha value is -1.77. The highest BCUT2D eigenvalue weighted by Gasteiger charge is 2.21. The molecular formula is C56H106NO8P. The van der Waals surface area contributed by atoms with E-state index in [1.54, 1.807) is 0 Å². The number of hydrogen-bond donors (Lipinski definition) is 0. The number of allylic oxidation sites excluding steroid dienone is 6. The molecule has 66 heavy (non-hydrogen) atoms. The molecule has 0 aromatic rings. The van der Waals surface area contributed by atoms with Crippen LogP contribution in [-0.2, 0) is 32.7 Å². The molecule has 0 aliphatic rings. The molecule has 0 radical (unpaired) electrons. The SMILES string of the molecule is CCCCCCC/C=C\C/C=C\CCCCCCCCCCCCCCCC(=O)OC(COC(=O)CCCCCCCCC/C=C\CCCCCCCC)COP(=O)([O-])OCC[N+](C)(C)C. The van der Waals surface area contributed by atoms with Crippen molar-refractivity contribution in [3.63, 3.8) is 0 Å². The summed E-state index contributed by atoms with van der Waals surface area (Å²) in [4.78, 5) is 37.8. The lowest BCUT2D eigenvalue weighted by molar-refractivity contribution is -0.870. The van der Waals surface area contributed by atoms with Crippen LogP contribution in [0.3, 0.4) is 0 Å². The Bertz CT molecular complexity index is 1210. The highest BCUT2D eigenvalue weighted by atomic mass is 31.2. The third kappa shape index (κ3) is 51.6. The van der Waals surface area contributed by atoms with Gasteiger partial charge in [0.2, 0.25) is 0 Å². The molecule has 0 saturated carbocycles. The molecule has 0 aromatic heterocycles. The molecule has 0 amide bonds. The second kappa shape index (κ2) is 48.3. The Morgan fingerprint density at radius 1 is 0.470 bits per heavy atom. The van der Waals surface area contributed by atoms with Crippen molar-refractivity contribution in [3.8, 4) is 0 Å². The number of phosphoric acid groups is 1. The number of nitrogens with zero attached hydrogens (tertiary/aromatic N) is 1. The van der Waals surface area contributed by atoms with E-state index >= 15 is 0 Å². The van der Waals surface area contributed by atoms with Crippen molar-refractivity contribution in [2.45, 2.75) is 264 Å². The summed E-state index contributed by atoms with van der Waals surface area (Å²) in [5.41, 5.74) is 0. The van der Waals surface area contributed by atoms with E-state index in [1.165, 1.54) is 167 Å². The summed E-state index contributed by atoms with van der Waals surface area (Å²) in [6, 6.07) is 0. The number of rotatable bonds is 51. The molecule has 9 nitrogen and oxygen atoms in total. The molecule has 0 aliphatic heterocycles. The number of carbonyl (C=O) groups is 2. The first-order valence-corrected chi connectivity index (χ1v) is 29.2. The zero-order valence-corrected chi connectivity index (χ0v) is 44.8. The van der Waals surface area contributed by atoms with Gasteiger partial charge in [-0.2, -0.15) is 0 Å². The van der Waals surface area contributed by atoms with Crippen molar-refractivity contribution < 1.29 is 42.1 Å². The maximum absolute atomic E-state index is 12.8. The van der Waals surface area contributed by atoms with Crippen LogP contribution in [0.25, 0.3) is 0 Å². The van der Waals surface area contributed by atoms with Crippen molar-refractivity contribution in [1.29, 1.82) is 0 Å². The first-order valence-electron chi connectivity index (χ1n) is 27.7. The van der Waals surface area contributed by atoms with Crippen LogP contribution in [0.15, 0.2) is 36.5 Å². The molecule has 0 aliphatic carbocycles. The number of quaternary nitrogens is 1. The van der Waals surface area contributed by atoms with Gasteiger partial charge in [-0.15, -0.1) is 0 Å². The van der Waals surface area contributed by atoms with E-state index < -0.39 is 26.5 Å². The Morgan fingerprint density at radius 2 is 0.818 bits per heavy atom. The molecule has 388 valence electrons. The molecular weight excluding hydrogens is 846 g/mol. The van der Waals surface area contributed by atoms with Gasteiger partial charge >= 0.3 is 11.9 Å². The van der Waals surface area contributed by atoms with Crippen LogP contribution in [0.5, 0.6) is 0 Å². The van der Waals surface area contributed by atoms with Crippen molar-refractivity contribution >= 4 is 19.8 Å². The maximum Gasteiger partial charge on any atom is 0.306 e. The van der Waals surface area contributed by atoms with E-state index in [1.807, 2.05) is 21.1 Å². The monoisotopic (exact) mass is 952 g/mol. The summed E-state index contributed by atoms with van der Waals surface area (Å²) >= 11 is 0. The summed E-state index contributed by atoms with van der Waals surface area (Å²) in [6.45, 7) is 4.25. The summed E-state index contributed by atoms with van der Waals surface area (Å²) in [7, 11) is 1.17. The summed E-state index contributed by atoms with van der Waals surface area (Å²) in [5.74, 6) is -0.830. The van der Waals surface area contributed by atoms with Crippen molar-refractivity contribution in [2.75, 3.05) is 47.5 Å². The summed E-state index contributed by atoms with van der Waals surface area (Å²) in [6.07, 6.45) is 57.5. The van der Waals surface area contributed by atoms with Gasteiger partial charge in [0.1, 0.15) is 19.8 Å². The van der Waals surface area contributed by atoms with E-state index in [4.69, 9.17) is 18.5 Å². The molecule has 2 atom stereocenters. The Morgan fingerprint density at radius 3 is 1.21 bits per heavy atom. The van der Waals surface area contributed by atoms with Gasteiger partial charge in [0.05, 0.1) is 27.7 Å². The van der Waals surface area contributed by atoms with Crippen LogP contribution in [0.1, 0.15) is 258 Å². The third-order valence-corrected chi connectivity index (χ3v) is 13.1. The summed E-state index contributed by atoms with van der Waals surface area (Å²) in [5, 5.41) is 0. The number of esters is 2. The predicted molar refractivity (Wildman–Crippen MR) is 277 cm³/mol. The van der Waals surface area contributed by atoms with Crippen LogP contribution in [0, 0.1) is 0 Å². The second-order valence-electron chi connectivity index (χ2n) is 19.9. The number of phosphoric ester groups is 1. The van der Waals surface area contributed by atoms with E-state index in [0.29, 0.717) is 17.4 Å². The minimum atomic E-state index is -4.63. The normalized spacial score (nSPS) is 13.6. The quantitative estimate of drug-likeness (QED) is 0.0195. The Labute approximate surface area is 408 Å². The molecule has 0 bridgehead atoms. The highest BCUT2D eigenvalue weighted by Crippen LogP contribution is 2.38. The molecule has 10 heteroatoms. The lowest BCUT2D eigenvalue weighted by Crippen LogP contribution is -2.37.